The summed E-state index contributed by atoms with van der Waals surface area (Å²) in [6.07, 6.45) is 4.76. The Bertz CT molecular complexity index is 1440. The molecule has 0 spiro atoms. The summed E-state index contributed by atoms with van der Waals surface area (Å²) in [5, 5.41) is 4.34. The van der Waals surface area contributed by atoms with E-state index in [1.54, 1.807) is 31.5 Å². The van der Waals surface area contributed by atoms with E-state index >= 15 is 0 Å². The van der Waals surface area contributed by atoms with Gasteiger partial charge in [0.05, 0.1) is 29.7 Å². The van der Waals surface area contributed by atoms with Crippen LogP contribution in [0.25, 0.3) is 11.4 Å². The van der Waals surface area contributed by atoms with Crippen molar-refractivity contribution in [3.8, 4) is 11.4 Å². The molecule has 0 atom stereocenters. The summed E-state index contributed by atoms with van der Waals surface area (Å²) in [6.45, 7) is 3.29. The van der Waals surface area contributed by atoms with Gasteiger partial charge in [-0.1, -0.05) is 31.4 Å². The number of alkyl halides is 3. The van der Waals surface area contributed by atoms with Gasteiger partial charge in [-0.15, -0.1) is 0 Å². The number of benzene rings is 1. The van der Waals surface area contributed by atoms with Crippen LogP contribution in [-0.2, 0) is 12.7 Å². The summed E-state index contributed by atoms with van der Waals surface area (Å²) in [7, 11) is 0. The number of rotatable bonds is 4. The van der Waals surface area contributed by atoms with E-state index in [0.29, 0.717) is 17.0 Å². The third-order valence-electron chi connectivity index (χ3n) is 6.57. The fraction of sp³-hybridized carbons (Fsp3) is 0.345. The number of halogens is 4. The molecule has 0 saturated heterocycles. The molecule has 10 heteroatoms. The van der Waals surface area contributed by atoms with E-state index in [2.05, 4.69) is 20.1 Å². The lowest BCUT2D eigenvalue weighted by molar-refractivity contribution is -0.138. The van der Waals surface area contributed by atoms with Crippen LogP contribution >= 0.6 is 0 Å². The minimum Gasteiger partial charge on any atom is -0.267 e. The molecule has 204 valence electrons. The summed E-state index contributed by atoms with van der Waals surface area (Å²) >= 11 is 0. The first-order chi connectivity index (χ1) is 18.6. The van der Waals surface area contributed by atoms with Crippen molar-refractivity contribution in [2.24, 2.45) is 0 Å². The highest BCUT2D eigenvalue weighted by atomic mass is 19.4. The van der Waals surface area contributed by atoms with Crippen molar-refractivity contribution in [3.63, 3.8) is 0 Å². The smallest absolute Gasteiger partial charge is 0.267 e. The lowest BCUT2D eigenvalue weighted by Crippen LogP contribution is -2.30. The summed E-state index contributed by atoms with van der Waals surface area (Å²) in [5.41, 5.74) is 1.64. The van der Waals surface area contributed by atoms with Crippen molar-refractivity contribution in [2.75, 3.05) is 0 Å². The van der Waals surface area contributed by atoms with Gasteiger partial charge < -0.3 is 0 Å². The number of aromatic nitrogens is 5. The number of hydrogen-bond acceptors (Lipinski definition) is 5. The molecule has 1 aliphatic carbocycles. The lowest BCUT2D eigenvalue weighted by atomic mass is 9.84. The van der Waals surface area contributed by atoms with E-state index in [1.807, 2.05) is 13.0 Å². The van der Waals surface area contributed by atoms with Gasteiger partial charge in [0.1, 0.15) is 17.2 Å². The normalized spacial score (nSPS) is 14.0. The monoisotopic (exact) mass is 539 g/mol. The largest absolute Gasteiger partial charge is 0.418 e. The van der Waals surface area contributed by atoms with Crippen LogP contribution in [0.4, 0.5) is 17.6 Å². The second-order valence-corrected chi connectivity index (χ2v) is 9.62. The predicted octanol–water partition coefficient (Wildman–Crippen LogP) is 6.65. The van der Waals surface area contributed by atoms with Crippen molar-refractivity contribution in [3.05, 3.63) is 105 Å². The summed E-state index contributed by atoms with van der Waals surface area (Å²) in [4.78, 5) is 25.7. The molecule has 6 nitrogen and oxygen atoms in total. The van der Waals surface area contributed by atoms with Crippen molar-refractivity contribution >= 4 is 0 Å². The van der Waals surface area contributed by atoms with Crippen molar-refractivity contribution in [2.45, 2.75) is 64.6 Å². The molecule has 0 N–H and O–H groups in total. The highest BCUT2D eigenvalue weighted by Crippen LogP contribution is 2.33. The minimum atomic E-state index is -4.57. The van der Waals surface area contributed by atoms with Crippen LogP contribution in [0.5, 0.6) is 0 Å². The lowest BCUT2D eigenvalue weighted by Gasteiger charge is -2.22. The second-order valence-electron chi connectivity index (χ2n) is 9.62. The zero-order chi connectivity index (χ0) is 28.0. The molecule has 4 aromatic rings. The van der Waals surface area contributed by atoms with Crippen LogP contribution in [0.15, 0.2) is 65.8 Å². The molecule has 3 aromatic heterocycles. The fourth-order valence-corrected chi connectivity index (χ4v) is 4.60. The Morgan fingerprint density at radius 3 is 2.31 bits per heavy atom. The molecule has 1 fully saturated rings. The molecule has 3 heterocycles. The average molecular weight is 540 g/mol. The number of nitrogens with zero attached hydrogens (tertiary/aromatic N) is 5. The van der Waals surface area contributed by atoms with Gasteiger partial charge in [-0.2, -0.15) is 18.3 Å². The Kier molecular flexibility index (Phi) is 8.83. The first-order valence-corrected chi connectivity index (χ1v) is 12.8. The van der Waals surface area contributed by atoms with E-state index in [4.69, 9.17) is 0 Å². The third-order valence-corrected chi connectivity index (χ3v) is 6.57. The minimum absolute atomic E-state index is 0.0541. The molecule has 0 aliphatic heterocycles. The molecule has 0 amide bonds. The van der Waals surface area contributed by atoms with Gasteiger partial charge >= 0.3 is 6.18 Å². The number of aryl methyl sites for hydroxylation is 2. The quantitative estimate of drug-likeness (QED) is 0.272. The molecule has 1 aliphatic rings. The Morgan fingerprint density at radius 1 is 0.923 bits per heavy atom. The number of pyridine rings is 1. The van der Waals surface area contributed by atoms with Gasteiger partial charge in [0.15, 0.2) is 0 Å². The average Bonchev–Trinajstić information content (AvgIpc) is 2.91. The molecule has 0 unspecified atom stereocenters. The van der Waals surface area contributed by atoms with Gasteiger partial charge in [0.25, 0.3) is 5.56 Å². The van der Waals surface area contributed by atoms with Gasteiger partial charge in [0, 0.05) is 18.0 Å². The van der Waals surface area contributed by atoms with E-state index in [1.165, 1.54) is 24.4 Å². The van der Waals surface area contributed by atoms with Crippen LogP contribution in [-0.4, -0.2) is 24.7 Å². The van der Waals surface area contributed by atoms with E-state index in [9.17, 15) is 22.4 Å². The Hall–Kier alpha value is -3.95. The molecule has 0 radical (unpaired) electrons. The van der Waals surface area contributed by atoms with Crippen LogP contribution < -0.4 is 5.56 Å². The molecule has 39 heavy (non-hydrogen) atoms. The molecule has 1 saturated carbocycles. The topological polar surface area (TPSA) is 73.6 Å². The summed E-state index contributed by atoms with van der Waals surface area (Å²) in [5.74, 6) is -0.108. The van der Waals surface area contributed by atoms with Crippen molar-refractivity contribution in [1.29, 1.82) is 0 Å². The van der Waals surface area contributed by atoms with Crippen LogP contribution in [0.1, 0.15) is 66.1 Å². The molecular formula is C29H29F4N5O. The Morgan fingerprint density at radius 2 is 1.69 bits per heavy atom. The highest BCUT2D eigenvalue weighted by Gasteiger charge is 2.34. The highest BCUT2D eigenvalue weighted by molar-refractivity contribution is 5.53. The second kappa shape index (κ2) is 12.3. The van der Waals surface area contributed by atoms with Crippen LogP contribution in [0.3, 0.4) is 0 Å². The first kappa shape index (κ1) is 28.1. The van der Waals surface area contributed by atoms with Gasteiger partial charge in [0.2, 0.25) is 0 Å². The van der Waals surface area contributed by atoms with Gasteiger partial charge in [-0.25, -0.2) is 9.07 Å². The van der Waals surface area contributed by atoms with Crippen molar-refractivity contribution < 1.29 is 17.6 Å². The van der Waals surface area contributed by atoms with Crippen molar-refractivity contribution in [1.82, 2.24) is 24.7 Å². The van der Waals surface area contributed by atoms with E-state index in [-0.39, 0.29) is 29.5 Å². The first-order valence-electron chi connectivity index (χ1n) is 12.8. The van der Waals surface area contributed by atoms with Crippen LogP contribution in [0.2, 0.25) is 0 Å². The Balaban J connectivity index is 0.000000379. The molecule has 0 bridgehead atoms. The predicted molar refractivity (Wildman–Crippen MR) is 140 cm³/mol. The summed E-state index contributed by atoms with van der Waals surface area (Å²) in [6, 6.07) is 10.4. The third kappa shape index (κ3) is 7.34. The molecule has 5 rings (SSSR count). The zero-order valence-electron chi connectivity index (χ0n) is 21.7. The van der Waals surface area contributed by atoms with Crippen LogP contribution in [0, 0.1) is 19.7 Å². The molecular weight excluding hydrogens is 510 g/mol. The summed E-state index contributed by atoms with van der Waals surface area (Å²) < 4.78 is 53.6. The standard InChI is InChI=1S/C22H22F3N5O.C7H7F/c1-14-11-28-19(12-27-14)18-10-16(15-6-3-2-4-7-15)21(31)30(29-18)13-20-17(22(23,24)25)8-5-9-26-20;1-6-3-2-4-7(8)5-6/h5,8-12,15H,2-4,6-7,13H2,1H3;2-5H,1H3. The number of hydrogen-bond donors (Lipinski definition) is 0. The maximum atomic E-state index is 13.4. The van der Waals surface area contributed by atoms with E-state index in [0.717, 1.165) is 54.1 Å². The van der Waals surface area contributed by atoms with Gasteiger partial charge in [-0.05, 0) is 68.5 Å². The maximum Gasteiger partial charge on any atom is 0.418 e. The van der Waals surface area contributed by atoms with E-state index < -0.39 is 11.7 Å². The SMILES string of the molecule is Cc1cccc(F)c1.Cc1cnc(-c2cc(C3CCCCC3)c(=O)n(Cc3ncccc3C(F)(F)F)n2)cn1. The van der Waals surface area contributed by atoms with Gasteiger partial charge in [-0.3, -0.25) is 19.7 Å². The Labute approximate surface area is 223 Å². The maximum absolute atomic E-state index is 13.4. The zero-order valence-corrected chi connectivity index (χ0v) is 21.7. The fourth-order valence-electron chi connectivity index (χ4n) is 4.60. The molecule has 1 aromatic carbocycles.